The summed E-state index contributed by atoms with van der Waals surface area (Å²) in [5.41, 5.74) is 6.86. The number of benzene rings is 1. The Kier molecular flexibility index (Phi) is 2.70. The Balaban J connectivity index is 2.49. The van der Waals surface area contributed by atoms with Crippen molar-refractivity contribution in [3.8, 4) is 0 Å². The second kappa shape index (κ2) is 3.92. The van der Waals surface area contributed by atoms with Gasteiger partial charge < -0.3 is 10.5 Å². The minimum Gasteiger partial charge on any atom is -0.449 e. The second-order valence-corrected chi connectivity index (χ2v) is 5.43. The monoisotopic (exact) mass is 256 g/mol. The first-order valence-electron chi connectivity index (χ1n) is 5.04. The average Bonchev–Trinajstić information content (AvgIpc) is 2.47. The normalized spacial score (nSPS) is 16.6. The van der Waals surface area contributed by atoms with Crippen molar-refractivity contribution >= 4 is 27.5 Å². The number of sulfonamides is 1. The van der Waals surface area contributed by atoms with Gasteiger partial charge in [-0.2, -0.15) is 4.31 Å². The van der Waals surface area contributed by atoms with Crippen molar-refractivity contribution in [2.24, 2.45) is 0 Å². The van der Waals surface area contributed by atoms with Gasteiger partial charge in [0, 0.05) is 5.69 Å². The lowest BCUT2D eigenvalue weighted by Gasteiger charge is -2.15. The van der Waals surface area contributed by atoms with Gasteiger partial charge in [0.25, 0.3) is 0 Å². The highest BCUT2D eigenvalue weighted by molar-refractivity contribution is 7.93. The molecule has 2 rings (SSSR count). The van der Waals surface area contributed by atoms with Crippen molar-refractivity contribution in [3.05, 3.63) is 23.8 Å². The molecule has 0 unspecified atom stereocenters. The standard InChI is InChI=1S/C10H12N2O4S/c1-2-16-10(13)12-9-4-3-8(11)5-7(9)6-17(12,14)15/h3-5H,2,6,11H2,1H3. The molecule has 1 heterocycles. The van der Waals surface area contributed by atoms with E-state index in [0.717, 1.165) is 0 Å². The van der Waals surface area contributed by atoms with Crippen molar-refractivity contribution < 1.29 is 17.9 Å². The predicted octanol–water partition coefficient (Wildman–Crippen LogP) is 1.08. The van der Waals surface area contributed by atoms with E-state index in [-0.39, 0.29) is 12.4 Å². The number of amides is 1. The Hall–Kier alpha value is -1.76. The van der Waals surface area contributed by atoms with Crippen LogP contribution in [0.15, 0.2) is 18.2 Å². The number of carbonyl (C=O) groups is 1. The molecule has 1 aromatic carbocycles. The van der Waals surface area contributed by atoms with Crippen LogP contribution < -0.4 is 10.0 Å². The molecule has 92 valence electrons. The van der Waals surface area contributed by atoms with Gasteiger partial charge in [-0.3, -0.25) is 0 Å². The van der Waals surface area contributed by atoms with E-state index in [1.807, 2.05) is 0 Å². The van der Waals surface area contributed by atoms with Crippen LogP contribution in [0.5, 0.6) is 0 Å². The summed E-state index contributed by atoms with van der Waals surface area (Å²) in [6, 6.07) is 4.60. The van der Waals surface area contributed by atoms with Gasteiger partial charge in [0.1, 0.15) is 0 Å². The zero-order valence-corrected chi connectivity index (χ0v) is 10.0. The number of nitrogens with two attached hydrogens (primary N) is 1. The van der Waals surface area contributed by atoms with E-state index >= 15 is 0 Å². The summed E-state index contributed by atoms with van der Waals surface area (Å²) < 4.78 is 29.1. The zero-order chi connectivity index (χ0) is 12.6. The molecular formula is C10H12N2O4S. The number of nitrogen functional groups attached to an aromatic ring is 1. The topological polar surface area (TPSA) is 89.7 Å². The average molecular weight is 256 g/mol. The van der Waals surface area contributed by atoms with Crippen LogP contribution in [0.2, 0.25) is 0 Å². The molecule has 1 amide bonds. The van der Waals surface area contributed by atoms with Gasteiger partial charge in [-0.25, -0.2) is 13.2 Å². The lowest BCUT2D eigenvalue weighted by molar-refractivity contribution is 0.164. The fourth-order valence-electron chi connectivity index (χ4n) is 1.72. The number of ether oxygens (including phenoxy) is 1. The summed E-state index contributed by atoms with van der Waals surface area (Å²) >= 11 is 0. The van der Waals surface area contributed by atoms with Crippen molar-refractivity contribution in [2.75, 3.05) is 16.6 Å². The fraction of sp³-hybridized carbons (Fsp3) is 0.300. The van der Waals surface area contributed by atoms with E-state index in [1.165, 1.54) is 6.07 Å². The van der Waals surface area contributed by atoms with Crippen LogP contribution >= 0.6 is 0 Å². The van der Waals surface area contributed by atoms with Crippen LogP contribution in [-0.2, 0) is 20.5 Å². The molecule has 1 aromatic rings. The van der Waals surface area contributed by atoms with E-state index in [0.29, 0.717) is 21.2 Å². The van der Waals surface area contributed by atoms with Crippen molar-refractivity contribution in [1.29, 1.82) is 0 Å². The number of hydrogen-bond acceptors (Lipinski definition) is 5. The van der Waals surface area contributed by atoms with Crippen LogP contribution in [0.3, 0.4) is 0 Å². The predicted molar refractivity (Wildman–Crippen MR) is 63.0 cm³/mol. The molecule has 0 saturated carbocycles. The van der Waals surface area contributed by atoms with E-state index in [1.54, 1.807) is 19.1 Å². The Labute approximate surface area is 99.0 Å². The molecule has 0 bridgehead atoms. The molecule has 0 atom stereocenters. The highest BCUT2D eigenvalue weighted by Gasteiger charge is 2.38. The van der Waals surface area contributed by atoms with Crippen molar-refractivity contribution in [1.82, 2.24) is 0 Å². The van der Waals surface area contributed by atoms with Crippen LogP contribution in [0, 0.1) is 0 Å². The van der Waals surface area contributed by atoms with Crippen LogP contribution in [-0.4, -0.2) is 21.1 Å². The van der Waals surface area contributed by atoms with Crippen molar-refractivity contribution in [2.45, 2.75) is 12.7 Å². The molecule has 0 aromatic heterocycles. The minimum absolute atomic E-state index is 0.120. The molecule has 6 nitrogen and oxygen atoms in total. The Morgan fingerprint density at radius 1 is 1.53 bits per heavy atom. The number of anilines is 2. The SMILES string of the molecule is CCOC(=O)N1c2ccc(N)cc2CS1(=O)=O. The fourth-order valence-corrected chi connectivity index (χ4v) is 3.24. The number of carbonyl (C=O) groups excluding carboxylic acids is 1. The molecule has 7 heteroatoms. The molecule has 1 aliphatic heterocycles. The van der Waals surface area contributed by atoms with Gasteiger partial charge >= 0.3 is 6.09 Å². The third kappa shape index (κ3) is 1.93. The van der Waals surface area contributed by atoms with Crippen LogP contribution in [0.1, 0.15) is 12.5 Å². The maximum atomic E-state index is 11.8. The number of fused-ring (bicyclic) bond motifs is 1. The molecule has 17 heavy (non-hydrogen) atoms. The molecule has 1 aliphatic rings. The Bertz CT molecular complexity index is 568. The molecule has 2 N–H and O–H groups in total. The number of hydrogen-bond donors (Lipinski definition) is 1. The van der Waals surface area contributed by atoms with E-state index in [9.17, 15) is 13.2 Å². The quantitative estimate of drug-likeness (QED) is 0.759. The molecule has 0 radical (unpaired) electrons. The van der Waals surface area contributed by atoms with E-state index in [2.05, 4.69) is 0 Å². The Morgan fingerprint density at radius 3 is 2.88 bits per heavy atom. The first-order valence-corrected chi connectivity index (χ1v) is 6.65. The second-order valence-electron chi connectivity index (χ2n) is 3.61. The number of nitrogens with zero attached hydrogens (tertiary/aromatic N) is 1. The highest BCUT2D eigenvalue weighted by atomic mass is 32.2. The van der Waals surface area contributed by atoms with E-state index < -0.39 is 16.1 Å². The molecular weight excluding hydrogens is 244 g/mol. The summed E-state index contributed by atoms with van der Waals surface area (Å²) in [7, 11) is -3.68. The van der Waals surface area contributed by atoms with Gasteiger partial charge in [-0.1, -0.05) is 0 Å². The summed E-state index contributed by atoms with van der Waals surface area (Å²) in [5.74, 6) is -0.230. The van der Waals surface area contributed by atoms with Gasteiger partial charge in [0.05, 0.1) is 18.0 Å². The third-order valence-corrected chi connectivity index (χ3v) is 3.95. The largest absolute Gasteiger partial charge is 0.449 e. The number of rotatable bonds is 1. The van der Waals surface area contributed by atoms with Gasteiger partial charge in [0.2, 0.25) is 10.0 Å². The molecule has 0 fully saturated rings. The minimum atomic E-state index is -3.68. The summed E-state index contributed by atoms with van der Waals surface area (Å²) in [6.45, 7) is 1.74. The zero-order valence-electron chi connectivity index (χ0n) is 9.21. The Morgan fingerprint density at radius 2 is 2.24 bits per heavy atom. The lowest BCUT2D eigenvalue weighted by Crippen LogP contribution is -2.34. The summed E-state index contributed by atoms with van der Waals surface area (Å²) in [5, 5.41) is 0. The first kappa shape index (κ1) is 11.7. The van der Waals surface area contributed by atoms with Crippen LogP contribution in [0.4, 0.5) is 16.2 Å². The lowest BCUT2D eigenvalue weighted by atomic mass is 10.2. The maximum absolute atomic E-state index is 11.8. The smallest absolute Gasteiger partial charge is 0.428 e. The van der Waals surface area contributed by atoms with Crippen molar-refractivity contribution in [3.63, 3.8) is 0 Å². The molecule has 0 aliphatic carbocycles. The van der Waals surface area contributed by atoms with Gasteiger partial charge in [0.15, 0.2) is 0 Å². The molecule has 0 saturated heterocycles. The van der Waals surface area contributed by atoms with Gasteiger partial charge in [-0.05, 0) is 30.7 Å². The molecule has 0 spiro atoms. The summed E-state index contributed by atoms with van der Waals surface area (Å²) in [6.07, 6.45) is -0.879. The van der Waals surface area contributed by atoms with Crippen LogP contribution in [0.25, 0.3) is 0 Å². The van der Waals surface area contributed by atoms with E-state index in [4.69, 9.17) is 10.5 Å². The summed E-state index contributed by atoms with van der Waals surface area (Å²) in [4.78, 5) is 11.6. The third-order valence-electron chi connectivity index (χ3n) is 2.37. The highest BCUT2D eigenvalue weighted by Crippen LogP contribution is 2.35. The first-order chi connectivity index (χ1) is 7.95. The van der Waals surface area contributed by atoms with Gasteiger partial charge in [-0.15, -0.1) is 0 Å². The maximum Gasteiger partial charge on any atom is 0.428 e.